The minimum Gasteiger partial charge on any atom is -0.394 e. The zero-order chi connectivity index (χ0) is 11.6. The molecule has 1 saturated heterocycles. The standard InChI is InChI=1S/C11H20N2O3/c12-8-11(2-1-3-11)10(15)13-4-5-16-9(6-13)7-14/h9,14H,1-8,12H2. The highest BCUT2D eigenvalue weighted by atomic mass is 16.5. The van der Waals surface area contributed by atoms with E-state index < -0.39 is 0 Å². The lowest BCUT2D eigenvalue weighted by molar-refractivity contribution is -0.155. The van der Waals surface area contributed by atoms with Crippen molar-refractivity contribution in [3.8, 4) is 0 Å². The van der Waals surface area contributed by atoms with Gasteiger partial charge in [-0.25, -0.2) is 0 Å². The van der Waals surface area contributed by atoms with Crippen LogP contribution in [0.4, 0.5) is 0 Å². The summed E-state index contributed by atoms with van der Waals surface area (Å²) in [7, 11) is 0. The number of morpholine rings is 1. The van der Waals surface area contributed by atoms with Crippen LogP contribution in [0.15, 0.2) is 0 Å². The van der Waals surface area contributed by atoms with Crippen molar-refractivity contribution >= 4 is 5.91 Å². The highest BCUT2D eigenvalue weighted by Crippen LogP contribution is 2.41. The topological polar surface area (TPSA) is 75.8 Å². The van der Waals surface area contributed by atoms with E-state index in [-0.39, 0.29) is 24.0 Å². The minimum atomic E-state index is -0.308. The van der Waals surface area contributed by atoms with Gasteiger partial charge in [0, 0.05) is 19.6 Å². The molecule has 1 atom stereocenters. The first kappa shape index (κ1) is 11.8. The van der Waals surface area contributed by atoms with Gasteiger partial charge in [-0.1, -0.05) is 6.42 Å². The summed E-state index contributed by atoms with van der Waals surface area (Å²) in [6.45, 7) is 2.04. The Hall–Kier alpha value is -0.650. The van der Waals surface area contributed by atoms with Gasteiger partial charge in [-0.15, -0.1) is 0 Å². The Morgan fingerprint density at radius 1 is 1.56 bits per heavy atom. The molecule has 5 heteroatoms. The third-order valence-electron chi connectivity index (χ3n) is 3.78. The van der Waals surface area contributed by atoms with Gasteiger partial charge in [-0.05, 0) is 12.8 Å². The molecule has 92 valence electrons. The molecule has 5 nitrogen and oxygen atoms in total. The zero-order valence-electron chi connectivity index (χ0n) is 9.52. The monoisotopic (exact) mass is 228 g/mol. The molecule has 2 rings (SSSR count). The summed E-state index contributed by atoms with van der Waals surface area (Å²) >= 11 is 0. The van der Waals surface area contributed by atoms with E-state index in [2.05, 4.69) is 0 Å². The number of aliphatic hydroxyl groups excluding tert-OH is 1. The Kier molecular flexibility index (Phi) is 3.47. The van der Waals surface area contributed by atoms with Gasteiger partial charge in [0.1, 0.15) is 0 Å². The van der Waals surface area contributed by atoms with E-state index in [1.165, 1.54) is 0 Å². The van der Waals surface area contributed by atoms with Gasteiger partial charge < -0.3 is 20.5 Å². The lowest BCUT2D eigenvalue weighted by Gasteiger charge is -2.44. The Bertz CT molecular complexity index is 260. The largest absolute Gasteiger partial charge is 0.394 e. The van der Waals surface area contributed by atoms with Gasteiger partial charge in [0.2, 0.25) is 5.91 Å². The Morgan fingerprint density at radius 2 is 2.31 bits per heavy atom. The number of carbonyl (C=O) groups is 1. The predicted molar refractivity (Wildman–Crippen MR) is 58.7 cm³/mol. The van der Waals surface area contributed by atoms with Gasteiger partial charge in [0.15, 0.2) is 0 Å². The van der Waals surface area contributed by atoms with E-state index >= 15 is 0 Å². The van der Waals surface area contributed by atoms with E-state index in [9.17, 15) is 4.79 Å². The molecule has 0 aromatic carbocycles. The second-order valence-electron chi connectivity index (χ2n) is 4.76. The minimum absolute atomic E-state index is 0.0284. The van der Waals surface area contributed by atoms with Crippen LogP contribution in [0.5, 0.6) is 0 Å². The Labute approximate surface area is 95.5 Å². The maximum Gasteiger partial charge on any atom is 0.230 e. The molecular formula is C11H20N2O3. The van der Waals surface area contributed by atoms with Gasteiger partial charge >= 0.3 is 0 Å². The fourth-order valence-electron chi connectivity index (χ4n) is 2.46. The lowest BCUT2D eigenvalue weighted by Crippen LogP contribution is -2.56. The average molecular weight is 228 g/mol. The van der Waals surface area contributed by atoms with Crippen LogP contribution in [0.3, 0.4) is 0 Å². The molecule has 1 unspecified atom stereocenters. The highest BCUT2D eigenvalue weighted by molar-refractivity contribution is 5.84. The quantitative estimate of drug-likeness (QED) is 0.672. The van der Waals surface area contributed by atoms with Crippen LogP contribution in [0.1, 0.15) is 19.3 Å². The molecular weight excluding hydrogens is 208 g/mol. The number of carbonyl (C=O) groups excluding carboxylic acids is 1. The molecule has 0 radical (unpaired) electrons. The molecule has 16 heavy (non-hydrogen) atoms. The van der Waals surface area contributed by atoms with Gasteiger partial charge in [-0.3, -0.25) is 4.79 Å². The van der Waals surface area contributed by atoms with E-state index in [0.717, 1.165) is 19.3 Å². The number of amides is 1. The first-order valence-electron chi connectivity index (χ1n) is 5.94. The first-order valence-corrected chi connectivity index (χ1v) is 5.94. The normalized spacial score (nSPS) is 28.6. The smallest absolute Gasteiger partial charge is 0.230 e. The highest BCUT2D eigenvalue weighted by Gasteiger charge is 2.45. The maximum absolute atomic E-state index is 12.3. The summed E-state index contributed by atoms with van der Waals surface area (Å²) in [4.78, 5) is 14.1. The van der Waals surface area contributed by atoms with E-state index in [0.29, 0.717) is 26.2 Å². The van der Waals surface area contributed by atoms with Crippen LogP contribution < -0.4 is 5.73 Å². The second kappa shape index (κ2) is 4.69. The van der Waals surface area contributed by atoms with E-state index in [1.807, 2.05) is 0 Å². The number of nitrogens with two attached hydrogens (primary N) is 1. The van der Waals surface area contributed by atoms with Crippen LogP contribution in [-0.4, -0.2) is 54.9 Å². The molecule has 2 fully saturated rings. The van der Waals surface area contributed by atoms with Gasteiger partial charge in [0.25, 0.3) is 0 Å². The predicted octanol–water partition coefficient (Wildman–Crippen LogP) is -0.665. The third kappa shape index (κ3) is 1.95. The van der Waals surface area contributed by atoms with E-state index in [4.69, 9.17) is 15.6 Å². The number of nitrogens with zero attached hydrogens (tertiary/aromatic N) is 1. The van der Waals surface area contributed by atoms with Crippen molar-refractivity contribution in [3.05, 3.63) is 0 Å². The molecule has 0 aromatic heterocycles. The first-order chi connectivity index (χ1) is 7.72. The molecule has 1 saturated carbocycles. The van der Waals surface area contributed by atoms with Crippen LogP contribution in [0, 0.1) is 5.41 Å². The zero-order valence-corrected chi connectivity index (χ0v) is 9.52. The summed E-state index contributed by atoms with van der Waals surface area (Å²) in [5, 5.41) is 9.03. The van der Waals surface area contributed by atoms with Gasteiger partial charge in [-0.2, -0.15) is 0 Å². The summed E-state index contributed by atoms with van der Waals surface area (Å²) < 4.78 is 5.33. The summed E-state index contributed by atoms with van der Waals surface area (Å²) in [5.41, 5.74) is 5.41. The number of aliphatic hydroxyl groups is 1. The maximum atomic E-state index is 12.3. The molecule has 3 N–H and O–H groups in total. The average Bonchev–Trinajstić information content (AvgIpc) is 2.28. The molecule has 1 amide bonds. The van der Waals surface area contributed by atoms with Crippen molar-refractivity contribution in [2.75, 3.05) is 32.8 Å². The summed E-state index contributed by atoms with van der Waals surface area (Å²) in [6, 6.07) is 0. The van der Waals surface area contributed by atoms with Crippen LogP contribution in [0.2, 0.25) is 0 Å². The van der Waals surface area contributed by atoms with Gasteiger partial charge in [0.05, 0.1) is 24.7 Å². The van der Waals surface area contributed by atoms with Crippen LogP contribution in [-0.2, 0) is 9.53 Å². The fraction of sp³-hybridized carbons (Fsp3) is 0.909. The molecule has 1 aliphatic carbocycles. The van der Waals surface area contributed by atoms with Crippen molar-refractivity contribution in [2.24, 2.45) is 11.1 Å². The Morgan fingerprint density at radius 3 is 2.81 bits per heavy atom. The lowest BCUT2D eigenvalue weighted by atomic mass is 9.67. The molecule has 1 aliphatic heterocycles. The van der Waals surface area contributed by atoms with Crippen molar-refractivity contribution < 1.29 is 14.6 Å². The Balaban J connectivity index is 1.98. The van der Waals surface area contributed by atoms with Crippen molar-refractivity contribution in [1.29, 1.82) is 0 Å². The molecule has 0 bridgehead atoms. The molecule has 1 heterocycles. The van der Waals surface area contributed by atoms with Crippen molar-refractivity contribution in [2.45, 2.75) is 25.4 Å². The number of hydrogen-bond acceptors (Lipinski definition) is 4. The number of ether oxygens (including phenoxy) is 1. The third-order valence-corrected chi connectivity index (χ3v) is 3.78. The summed E-state index contributed by atoms with van der Waals surface area (Å²) in [6.07, 6.45) is 2.68. The van der Waals surface area contributed by atoms with E-state index in [1.54, 1.807) is 4.90 Å². The van der Waals surface area contributed by atoms with Crippen LogP contribution >= 0.6 is 0 Å². The summed E-state index contributed by atoms with van der Waals surface area (Å²) in [5.74, 6) is 0.156. The second-order valence-corrected chi connectivity index (χ2v) is 4.76. The number of hydrogen-bond donors (Lipinski definition) is 2. The number of rotatable bonds is 3. The van der Waals surface area contributed by atoms with Crippen LogP contribution in [0.25, 0.3) is 0 Å². The fourth-order valence-corrected chi connectivity index (χ4v) is 2.46. The molecule has 0 spiro atoms. The SMILES string of the molecule is NCC1(C(=O)N2CCOC(CO)C2)CCC1. The van der Waals surface area contributed by atoms with Crippen molar-refractivity contribution in [1.82, 2.24) is 4.90 Å². The molecule has 0 aromatic rings. The van der Waals surface area contributed by atoms with Crippen molar-refractivity contribution in [3.63, 3.8) is 0 Å². The molecule has 2 aliphatic rings.